The van der Waals surface area contributed by atoms with Gasteiger partial charge in [0.25, 0.3) is 0 Å². The number of hydrogen-bond acceptors (Lipinski definition) is 3. The molecule has 2 aromatic rings. The van der Waals surface area contributed by atoms with E-state index < -0.39 is 0 Å². The van der Waals surface area contributed by atoms with E-state index in [2.05, 4.69) is 9.72 Å². The lowest BCUT2D eigenvalue weighted by Crippen LogP contribution is -2.02. The average molecular weight is 222 g/mol. The van der Waals surface area contributed by atoms with Crippen LogP contribution in [0, 0.1) is 0 Å². The van der Waals surface area contributed by atoms with E-state index in [4.69, 9.17) is 11.6 Å². The molecule has 76 valence electrons. The number of hydrogen-bond donors (Lipinski definition) is 0. The molecular formula is C11H8ClNO2. The fourth-order valence-electron chi connectivity index (χ4n) is 1.41. The number of nitrogens with zero attached hydrogens (tertiary/aromatic N) is 1. The smallest absolute Gasteiger partial charge is 0.338 e. The van der Waals surface area contributed by atoms with Gasteiger partial charge in [0.15, 0.2) is 0 Å². The van der Waals surface area contributed by atoms with Crippen LogP contribution < -0.4 is 0 Å². The number of rotatable bonds is 1. The van der Waals surface area contributed by atoms with E-state index in [0.29, 0.717) is 16.1 Å². The second kappa shape index (κ2) is 3.87. The van der Waals surface area contributed by atoms with Crippen molar-refractivity contribution < 1.29 is 9.53 Å². The highest BCUT2D eigenvalue weighted by atomic mass is 35.5. The van der Waals surface area contributed by atoms with E-state index in [9.17, 15) is 4.79 Å². The fraction of sp³-hybridized carbons (Fsp3) is 0.0909. The van der Waals surface area contributed by atoms with Gasteiger partial charge in [-0.05, 0) is 18.2 Å². The van der Waals surface area contributed by atoms with Crippen LogP contribution in [-0.4, -0.2) is 18.1 Å². The molecule has 0 unspecified atom stereocenters. The summed E-state index contributed by atoms with van der Waals surface area (Å²) in [6.45, 7) is 0. The van der Waals surface area contributed by atoms with E-state index in [1.165, 1.54) is 7.11 Å². The van der Waals surface area contributed by atoms with Crippen molar-refractivity contribution in [1.29, 1.82) is 0 Å². The molecule has 4 heteroatoms. The van der Waals surface area contributed by atoms with Crippen LogP contribution in [0.1, 0.15) is 10.4 Å². The van der Waals surface area contributed by atoms with Gasteiger partial charge >= 0.3 is 5.97 Å². The molecule has 0 amide bonds. The standard InChI is InChI=1S/C11H8ClNO2/c1-15-11(14)9-4-5-13-10-6-7(12)2-3-8(9)10/h2-6H,1H3. The molecule has 0 aliphatic carbocycles. The Morgan fingerprint density at radius 3 is 2.93 bits per heavy atom. The molecule has 0 N–H and O–H groups in total. The lowest BCUT2D eigenvalue weighted by Gasteiger charge is -2.03. The molecule has 3 nitrogen and oxygen atoms in total. The van der Waals surface area contributed by atoms with Gasteiger partial charge < -0.3 is 4.74 Å². The Morgan fingerprint density at radius 1 is 1.40 bits per heavy atom. The van der Waals surface area contributed by atoms with Crippen LogP contribution in [0.3, 0.4) is 0 Å². The van der Waals surface area contributed by atoms with Crippen LogP contribution in [0.5, 0.6) is 0 Å². The topological polar surface area (TPSA) is 39.2 Å². The van der Waals surface area contributed by atoms with Crippen LogP contribution in [0.15, 0.2) is 30.5 Å². The van der Waals surface area contributed by atoms with Crippen molar-refractivity contribution in [3.8, 4) is 0 Å². The lowest BCUT2D eigenvalue weighted by molar-refractivity contribution is 0.0603. The first-order chi connectivity index (χ1) is 7.22. The van der Waals surface area contributed by atoms with Gasteiger partial charge in [-0.3, -0.25) is 4.98 Å². The van der Waals surface area contributed by atoms with E-state index in [1.807, 2.05) is 0 Å². The number of esters is 1. The summed E-state index contributed by atoms with van der Waals surface area (Å²) in [5, 5.41) is 1.34. The van der Waals surface area contributed by atoms with Gasteiger partial charge in [0.2, 0.25) is 0 Å². The molecule has 1 aromatic carbocycles. The zero-order valence-corrected chi connectivity index (χ0v) is 8.78. The van der Waals surface area contributed by atoms with E-state index in [1.54, 1.807) is 30.5 Å². The number of halogens is 1. The number of carbonyl (C=O) groups is 1. The highest BCUT2D eigenvalue weighted by Crippen LogP contribution is 2.21. The summed E-state index contributed by atoms with van der Waals surface area (Å²) >= 11 is 5.83. The molecule has 1 aromatic heterocycles. The van der Waals surface area contributed by atoms with Crippen LogP contribution in [0.25, 0.3) is 10.9 Å². The monoisotopic (exact) mass is 221 g/mol. The molecule has 0 fully saturated rings. The lowest BCUT2D eigenvalue weighted by atomic mass is 10.1. The molecular weight excluding hydrogens is 214 g/mol. The Kier molecular flexibility index (Phi) is 2.56. The first-order valence-electron chi connectivity index (χ1n) is 4.35. The minimum Gasteiger partial charge on any atom is -0.465 e. The molecule has 0 radical (unpaired) electrons. The van der Waals surface area contributed by atoms with Gasteiger partial charge in [-0.25, -0.2) is 4.79 Å². The molecule has 0 spiro atoms. The maximum absolute atomic E-state index is 11.4. The van der Waals surface area contributed by atoms with Crippen LogP contribution in [-0.2, 0) is 4.74 Å². The average Bonchev–Trinajstić information content (AvgIpc) is 2.26. The predicted octanol–water partition coefficient (Wildman–Crippen LogP) is 2.67. The van der Waals surface area contributed by atoms with Crippen molar-refractivity contribution in [2.24, 2.45) is 0 Å². The van der Waals surface area contributed by atoms with Crippen molar-refractivity contribution in [2.45, 2.75) is 0 Å². The highest BCUT2D eigenvalue weighted by Gasteiger charge is 2.10. The Morgan fingerprint density at radius 2 is 2.20 bits per heavy atom. The van der Waals surface area contributed by atoms with Crippen molar-refractivity contribution in [2.75, 3.05) is 7.11 Å². The maximum Gasteiger partial charge on any atom is 0.338 e. The molecule has 1 heterocycles. The first-order valence-corrected chi connectivity index (χ1v) is 4.73. The maximum atomic E-state index is 11.4. The Hall–Kier alpha value is -1.61. The summed E-state index contributed by atoms with van der Waals surface area (Å²) in [5.74, 6) is -0.371. The molecule has 0 aliphatic heterocycles. The molecule has 0 saturated heterocycles. The van der Waals surface area contributed by atoms with Crippen molar-refractivity contribution in [3.63, 3.8) is 0 Å². The van der Waals surface area contributed by atoms with Gasteiger partial charge in [0, 0.05) is 16.6 Å². The molecule has 2 rings (SSSR count). The Balaban J connectivity index is 2.71. The van der Waals surface area contributed by atoms with Gasteiger partial charge in [-0.2, -0.15) is 0 Å². The van der Waals surface area contributed by atoms with E-state index >= 15 is 0 Å². The highest BCUT2D eigenvalue weighted by molar-refractivity contribution is 6.31. The molecule has 0 bridgehead atoms. The van der Waals surface area contributed by atoms with E-state index in [0.717, 1.165) is 5.39 Å². The number of fused-ring (bicyclic) bond motifs is 1. The third-order valence-electron chi connectivity index (χ3n) is 2.11. The van der Waals surface area contributed by atoms with Crippen molar-refractivity contribution in [3.05, 3.63) is 41.0 Å². The van der Waals surface area contributed by atoms with Crippen LogP contribution >= 0.6 is 11.6 Å². The third-order valence-corrected chi connectivity index (χ3v) is 2.35. The summed E-state index contributed by atoms with van der Waals surface area (Å²) in [6, 6.07) is 6.82. The molecule has 0 saturated carbocycles. The second-order valence-corrected chi connectivity index (χ2v) is 3.45. The first kappa shape index (κ1) is 9.93. The van der Waals surface area contributed by atoms with E-state index in [-0.39, 0.29) is 5.97 Å². The number of benzene rings is 1. The summed E-state index contributed by atoms with van der Waals surface area (Å²) in [6.07, 6.45) is 1.56. The van der Waals surface area contributed by atoms with Gasteiger partial charge in [-0.15, -0.1) is 0 Å². The van der Waals surface area contributed by atoms with Gasteiger partial charge in [0.1, 0.15) is 0 Å². The zero-order valence-electron chi connectivity index (χ0n) is 8.03. The van der Waals surface area contributed by atoms with Crippen LogP contribution in [0.2, 0.25) is 5.02 Å². The normalized spacial score (nSPS) is 10.3. The Bertz CT molecular complexity index is 525. The van der Waals surface area contributed by atoms with Gasteiger partial charge in [0.05, 0.1) is 18.2 Å². The number of ether oxygens (including phenoxy) is 1. The third kappa shape index (κ3) is 1.78. The number of carbonyl (C=O) groups excluding carboxylic acids is 1. The van der Waals surface area contributed by atoms with Crippen LogP contribution in [0.4, 0.5) is 0 Å². The predicted molar refractivity (Wildman–Crippen MR) is 58.1 cm³/mol. The largest absolute Gasteiger partial charge is 0.465 e. The number of pyridine rings is 1. The molecule has 15 heavy (non-hydrogen) atoms. The Labute approximate surface area is 91.6 Å². The summed E-state index contributed by atoms with van der Waals surface area (Å²) in [5.41, 5.74) is 1.18. The summed E-state index contributed by atoms with van der Waals surface area (Å²) in [7, 11) is 1.35. The SMILES string of the molecule is COC(=O)c1ccnc2cc(Cl)ccc12. The minimum atomic E-state index is -0.371. The van der Waals surface area contributed by atoms with Gasteiger partial charge in [-0.1, -0.05) is 17.7 Å². The quantitative estimate of drug-likeness (QED) is 0.695. The molecule has 0 atom stereocenters. The summed E-state index contributed by atoms with van der Waals surface area (Å²) in [4.78, 5) is 15.6. The minimum absolute atomic E-state index is 0.371. The second-order valence-electron chi connectivity index (χ2n) is 3.01. The summed E-state index contributed by atoms with van der Waals surface area (Å²) < 4.78 is 4.67. The van der Waals surface area contributed by atoms with Crippen molar-refractivity contribution in [1.82, 2.24) is 4.98 Å². The number of methoxy groups -OCH3 is 1. The fourth-order valence-corrected chi connectivity index (χ4v) is 1.58. The van der Waals surface area contributed by atoms with Crippen molar-refractivity contribution >= 4 is 28.5 Å². The number of aromatic nitrogens is 1. The zero-order chi connectivity index (χ0) is 10.8. The molecule has 0 aliphatic rings.